The summed E-state index contributed by atoms with van der Waals surface area (Å²) in [4.78, 5) is 52.5. The molecule has 1 spiro atoms. The zero-order chi connectivity index (χ0) is 22.0. The van der Waals surface area contributed by atoms with Crippen molar-refractivity contribution >= 4 is 23.8 Å². The predicted molar refractivity (Wildman–Crippen MR) is 110 cm³/mol. The van der Waals surface area contributed by atoms with Gasteiger partial charge in [-0.15, -0.1) is 0 Å². The number of carbonyl (C=O) groups is 4. The van der Waals surface area contributed by atoms with Crippen LogP contribution in [0.1, 0.15) is 42.6 Å². The number of aromatic amines is 1. The number of nitrogens with one attached hydrogen (secondary N) is 3. The van der Waals surface area contributed by atoms with Crippen LogP contribution in [-0.2, 0) is 9.59 Å². The number of amides is 5. The molecular formula is C21H24N6O4. The van der Waals surface area contributed by atoms with E-state index in [1.165, 1.54) is 4.90 Å². The zero-order valence-electron chi connectivity index (χ0n) is 17.2. The third-order valence-electron chi connectivity index (χ3n) is 5.99. The van der Waals surface area contributed by atoms with E-state index < -0.39 is 29.9 Å². The number of rotatable bonds is 4. The summed E-state index contributed by atoms with van der Waals surface area (Å²) < 4.78 is 0. The molecule has 4 rings (SSSR count). The first-order valence-corrected chi connectivity index (χ1v) is 10.2. The molecule has 0 atom stereocenters. The number of hydrogen-bond donors (Lipinski definition) is 3. The summed E-state index contributed by atoms with van der Waals surface area (Å²) in [5.74, 6) is -1.61. The molecule has 0 bridgehead atoms. The number of aromatic nitrogens is 2. The molecular weight excluding hydrogens is 400 g/mol. The standard InChI is InChI=1S/C21H24N6O4/c1-26-20(31)27(19(30)21(26)10-6-3-7-11-21)13-17(28)24-25-18(29)16-12-15(22-23-16)14-8-4-2-5-9-14/h2,4-5,8-9,12H,3,6-7,10-11,13H2,1H3,(H,22,23)(H,24,28)(H,25,29). The van der Waals surface area contributed by atoms with E-state index >= 15 is 0 Å². The van der Waals surface area contributed by atoms with Crippen LogP contribution in [0.3, 0.4) is 0 Å². The number of H-pyrrole nitrogens is 1. The van der Waals surface area contributed by atoms with E-state index in [1.54, 1.807) is 13.1 Å². The lowest BCUT2D eigenvalue weighted by molar-refractivity contribution is -0.137. The topological polar surface area (TPSA) is 128 Å². The molecule has 1 saturated heterocycles. The monoisotopic (exact) mass is 424 g/mol. The molecule has 2 aliphatic rings. The lowest BCUT2D eigenvalue weighted by Gasteiger charge is -2.35. The Morgan fingerprint density at radius 2 is 1.81 bits per heavy atom. The van der Waals surface area contributed by atoms with Gasteiger partial charge in [0.2, 0.25) is 0 Å². The Kier molecular flexibility index (Phi) is 5.45. The normalized spacial score (nSPS) is 17.8. The predicted octanol–water partition coefficient (Wildman–Crippen LogP) is 1.43. The van der Waals surface area contributed by atoms with Gasteiger partial charge in [-0.2, -0.15) is 5.10 Å². The molecule has 1 saturated carbocycles. The highest BCUT2D eigenvalue weighted by molar-refractivity contribution is 6.09. The summed E-state index contributed by atoms with van der Waals surface area (Å²) >= 11 is 0. The molecule has 10 nitrogen and oxygen atoms in total. The fourth-order valence-electron chi connectivity index (χ4n) is 4.24. The van der Waals surface area contributed by atoms with Crippen molar-refractivity contribution in [2.75, 3.05) is 13.6 Å². The van der Waals surface area contributed by atoms with Crippen molar-refractivity contribution in [2.45, 2.75) is 37.6 Å². The van der Waals surface area contributed by atoms with Crippen LogP contribution in [0.2, 0.25) is 0 Å². The second kappa shape index (κ2) is 8.21. The molecule has 5 amide bonds. The summed E-state index contributed by atoms with van der Waals surface area (Å²) in [5.41, 5.74) is 5.28. The SMILES string of the molecule is CN1C(=O)N(CC(=O)NNC(=O)c2cc(-c3ccccc3)n[nH]2)C(=O)C12CCCCC2. The Balaban J connectivity index is 1.34. The number of likely N-dealkylation sites (N-methyl/N-ethyl adjacent to an activating group) is 1. The fraction of sp³-hybridized carbons (Fsp3) is 0.381. The number of urea groups is 1. The van der Waals surface area contributed by atoms with Crippen LogP contribution in [-0.4, -0.2) is 62.9 Å². The van der Waals surface area contributed by atoms with E-state index in [0.29, 0.717) is 18.5 Å². The first-order valence-electron chi connectivity index (χ1n) is 10.2. The Hall–Kier alpha value is -3.69. The molecule has 162 valence electrons. The molecule has 1 aromatic heterocycles. The molecule has 1 aromatic carbocycles. The van der Waals surface area contributed by atoms with Crippen LogP contribution >= 0.6 is 0 Å². The van der Waals surface area contributed by atoms with E-state index in [1.807, 2.05) is 30.3 Å². The highest BCUT2D eigenvalue weighted by Gasteiger charge is 2.55. The van der Waals surface area contributed by atoms with Crippen LogP contribution in [0.25, 0.3) is 11.3 Å². The number of benzene rings is 1. The molecule has 1 aliphatic carbocycles. The van der Waals surface area contributed by atoms with Crippen LogP contribution in [0.5, 0.6) is 0 Å². The van der Waals surface area contributed by atoms with Gasteiger partial charge in [0.15, 0.2) is 0 Å². The third kappa shape index (κ3) is 3.76. The number of carbonyl (C=O) groups excluding carboxylic acids is 4. The molecule has 0 unspecified atom stereocenters. The number of nitrogens with zero attached hydrogens (tertiary/aromatic N) is 3. The smallest absolute Gasteiger partial charge is 0.313 e. The Labute approximate surface area is 178 Å². The average Bonchev–Trinajstić information content (AvgIpc) is 3.36. The van der Waals surface area contributed by atoms with Gasteiger partial charge in [-0.1, -0.05) is 49.6 Å². The van der Waals surface area contributed by atoms with Gasteiger partial charge >= 0.3 is 6.03 Å². The van der Waals surface area contributed by atoms with Crippen molar-refractivity contribution in [2.24, 2.45) is 0 Å². The summed E-state index contributed by atoms with van der Waals surface area (Å²) in [6.07, 6.45) is 3.98. The van der Waals surface area contributed by atoms with E-state index in [2.05, 4.69) is 21.0 Å². The first kappa shape index (κ1) is 20.6. The third-order valence-corrected chi connectivity index (χ3v) is 5.99. The van der Waals surface area contributed by atoms with Gasteiger partial charge in [0, 0.05) is 12.6 Å². The van der Waals surface area contributed by atoms with E-state index in [9.17, 15) is 19.2 Å². The van der Waals surface area contributed by atoms with Crippen molar-refractivity contribution in [3.05, 3.63) is 42.1 Å². The Morgan fingerprint density at radius 1 is 1.10 bits per heavy atom. The minimum absolute atomic E-state index is 0.161. The van der Waals surface area contributed by atoms with Gasteiger partial charge in [-0.05, 0) is 18.9 Å². The minimum Gasteiger partial charge on any atom is -0.313 e. The van der Waals surface area contributed by atoms with Crippen molar-refractivity contribution in [3.8, 4) is 11.3 Å². The Morgan fingerprint density at radius 3 is 2.52 bits per heavy atom. The van der Waals surface area contributed by atoms with Gasteiger partial charge in [-0.3, -0.25) is 35.2 Å². The van der Waals surface area contributed by atoms with Crippen LogP contribution in [0.15, 0.2) is 36.4 Å². The minimum atomic E-state index is -0.845. The van der Waals surface area contributed by atoms with Gasteiger partial charge < -0.3 is 4.90 Å². The van der Waals surface area contributed by atoms with Crippen LogP contribution in [0.4, 0.5) is 4.79 Å². The largest absolute Gasteiger partial charge is 0.327 e. The highest BCUT2D eigenvalue weighted by atomic mass is 16.2. The summed E-state index contributed by atoms with van der Waals surface area (Å²) in [6, 6.07) is 10.4. The fourth-order valence-corrected chi connectivity index (χ4v) is 4.24. The molecule has 31 heavy (non-hydrogen) atoms. The highest BCUT2D eigenvalue weighted by Crippen LogP contribution is 2.39. The molecule has 2 heterocycles. The molecule has 0 radical (unpaired) electrons. The van der Waals surface area contributed by atoms with Crippen molar-refractivity contribution in [1.82, 2.24) is 30.8 Å². The lowest BCUT2D eigenvalue weighted by Crippen LogP contribution is -2.50. The van der Waals surface area contributed by atoms with Gasteiger partial charge in [0.05, 0.1) is 5.69 Å². The summed E-state index contributed by atoms with van der Waals surface area (Å²) in [7, 11) is 1.60. The maximum absolute atomic E-state index is 12.9. The van der Waals surface area contributed by atoms with Crippen LogP contribution < -0.4 is 10.9 Å². The quantitative estimate of drug-likeness (QED) is 0.505. The lowest BCUT2D eigenvalue weighted by atomic mass is 9.81. The van der Waals surface area contributed by atoms with Gasteiger partial charge in [-0.25, -0.2) is 4.79 Å². The second-order valence-corrected chi connectivity index (χ2v) is 7.86. The molecule has 2 fully saturated rings. The Bertz CT molecular complexity index is 1010. The molecule has 2 aromatic rings. The van der Waals surface area contributed by atoms with E-state index in [0.717, 1.165) is 29.7 Å². The van der Waals surface area contributed by atoms with E-state index in [-0.39, 0.29) is 11.6 Å². The van der Waals surface area contributed by atoms with Crippen molar-refractivity contribution in [3.63, 3.8) is 0 Å². The van der Waals surface area contributed by atoms with Crippen molar-refractivity contribution in [1.29, 1.82) is 0 Å². The molecule has 1 aliphatic heterocycles. The first-order chi connectivity index (χ1) is 14.9. The van der Waals surface area contributed by atoms with Gasteiger partial charge in [0.25, 0.3) is 17.7 Å². The van der Waals surface area contributed by atoms with E-state index in [4.69, 9.17) is 0 Å². The van der Waals surface area contributed by atoms with Crippen molar-refractivity contribution < 1.29 is 19.2 Å². The summed E-state index contributed by atoms with van der Waals surface area (Å²) in [6.45, 7) is -0.456. The number of hydrogen-bond acceptors (Lipinski definition) is 5. The second-order valence-electron chi connectivity index (χ2n) is 7.86. The summed E-state index contributed by atoms with van der Waals surface area (Å²) in [5, 5.41) is 6.71. The molecule has 10 heteroatoms. The number of imide groups is 1. The zero-order valence-corrected chi connectivity index (χ0v) is 17.2. The maximum atomic E-state index is 12.9. The number of hydrazine groups is 1. The maximum Gasteiger partial charge on any atom is 0.327 e. The average molecular weight is 424 g/mol. The molecule has 3 N–H and O–H groups in total. The van der Waals surface area contributed by atoms with Crippen LogP contribution in [0, 0.1) is 0 Å². The van der Waals surface area contributed by atoms with Gasteiger partial charge in [0.1, 0.15) is 17.8 Å².